The third-order valence-electron chi connectivity index (χ3n) is 5.96. The Bertz CT molecular complexity index is 1360. The van der Waals surface area contributed by atoms with Gasteiger partial charge in [-0.25, -0.2) is 0 Å². The van der Waals surface area contributed by atoms with Gasteiger partial charge in [-0.05, 0) is 42.0 Å². The van der Waals surface area contributed by atoms with Gasteiger partial charge >= 0.3 is 6.18 Å². The Morgan fingerprint density at radius 2 is 1.65 bits per heavy atom. The third kappa shape index (κ3) is 3.51. The van der Waals surface area contributed by atoms with Crippen molar-refractivity contribution < 1.29 is 22.7 Å². The van der Waals surface area contributed by atoms with Gasteiger partial charge in [-0.1, -0.05) is 42.5 Å². The Morgan fingerprint density at radius 3 is 2.29 bits per heavy atom. The highest BCUT2D eigenvalue weighted by Gasteiger charge is 2.44. The van der Waals surface area contributed by atoms with E-state index in [0.717, 1.165) is 17.7 Å². The van der Waals surface area contributed by atoms with Crippen LogP contribution in [-0.2, 0) is 13.2 Å². The quantitative estimate of drug-likeness (QED) is 0.381. The lowest BCUT2D eigenvalue weighted by Crippen LogP contribution is -2.30. The van der Waals surface area contributed by atoms with Gasteiger partial charge in [0.25, 0.3) is 5.91 Å². The number of rotatable bonds is 4. The number of hydrogen-bond acceptors (Lipinski definition) is 3. The van der Waals surface area contributed by atoms with Gasteiger partial charge in [-0.3, -0.25) is 14.4 Å². The smallest absolute Gasteiger partial charge is 0.416 e. The van der Waals surface area contributed by atoms with E-state index < -0.39 is 17.8 Å². The molecule has 0 bridgehead atoms. The zero-order chi connectivity index (χ0) is 24.0. The summed E-state index contributed by atoms with van der Waals surface area (Å²) in [7, 11) is 3.27. The van der Waals surface area contributed by atoms with E-state index in [1.807, 2.05) is 30.3 Å². The Morgan fingerprint density at radius 1 is 0.941 bits per heavy atom. The van der Waals surface area contributed by atoms with Crippen molar-refractivity contribution in [2.24, 2.45) is 7.05 Å². The normalized spacial score (nSPS) is 15.5. The second-order valence-electron chi connectivity index (χ2n) is 8.00. The maximum atomic E-state index is 13.6. The fraction of sp³-hybridized carbons (Fsp3) is 0.154. The molecular formula is C26H20F3N3O2. The Labute approximate surface area is 194 Å². The Balaban J connectivity index is 1.75. The fourth-order valence-corrected chi connectivity index (χ4v) is 4.47. The standard InChI is InChI=1S/C26H20F3N3O2/c1-31-23(16-7-4-3-5-8-16)21-22(30-31)25(33)32(19-11-13-20(34-2)14-12-19)24(21)17-9-6-10-18(15-17)26(27,28)29/h3-15,24H,1-2H3. The lowest BCUT2D eigenvalue weighted by atomic mass is 9.94. The summed E-state index contributed by atoms with van der Waals surface area (Å²) in [5, 5.41) is 4.48. The van der Waals surface area contributed by atoms with Gasteiger partial charge in [0.1, 0.15) is 5.75 Å². The molecule has 1 aliphatic heterocycles. The first-order valence-corrected chi connectivity index (χ1v) is 10.6. The maximum absolute atomic E-state index is 13.6. The van der Waals surface area contributed by atoms with Gasteiger partial charge in [0.15, 0.2) is 5.69 Å². The molecule has 1 atom stereocenters. The second-order valence-corrected chi connectivity index (χ2v) is 8.00. The third-order valence-corrected chi connectivity index (χ3v) is 5.96. The first-order valence-electron chi connectivity index (χ1n) is 10.6. The van der Waals surface area contributed by atoms with Gasteiger partial charge in [0, 0.05) is 23.9 Å². The molecule has 1 unspecified atom stereocenters. The summed E-state index contributed by atoms with van der Waals surface area (Å²) >= 11 is 0. The fourth-order valence-electron chi connectivity index (χ4n) is 4.47. The van der Waals surface area contributed by atoms with Crippen LogP contribution in [0.4, 0.5) is 18.9 Å². The van der Waals surface area contributed by atoms with Crippen LogP contribution in [0.1, 0.15) is 33.2 Å². The van der Waals surface area contributed by atoms with Crippen LogP contribution in [0.5, 0.6) is 5.75 Å². The molecule has 3 aromatic carbocycles. The van der Waals surface area contributed by atoms with E-state index in [-0.39, 0.29) is 11.6 Å². The van der Waals surface area contributed by atoms with Crippen LogP contribution in [0.3, 0.4) is 0 Å². The largest absolute Gasteiger partial charge is 0.497 e. The molecule has 1 amide bonds. The average molecular weight is 463 g/mol. The summed E-state index contributed by atoms with van der Waals surface area (Å²) in [6.07, 6.45) is -4.51. The van der Waals surface area contributed by atoms with Crippen molar-refractivity contribution in [1.82, 2.24) is 9.78 Å². The number of alkyl halides is 3. The van der Waals surface area contributed by atoms with Crippen LogP contribution in [0, 0.1) is 0 Å². The molecule has 34 heavy (non-hydrogen) atoms. The molecule has 0 spiro atoms. The SMILES string of the molecule is COc1ccc(N2C(=O)c3nn(C)c(-c4ccccc4)c3C2c2cccc(C(F)(F)F)c2)cc1. The summed E-state index contributed by atoms with van der Waals surface area (Å²) in [5.41, 5.74) is 2.41. The van der Waals surface area contributed by atoms with Gasteiger partial charge in [0.2, 0.25) is 0 Å². The summed E-state index contributed by atoms with van der Waals surface area (Å²) < 4.78 is 47.5. The number of ether oxygens (including phenoxy) is 1. The highest BCUT2D eigenvalue weighted by Crippen LogP contribution is 2.46. The van der Waals surface area contributed by atoms with Crippen LogP contribution in [0.25, 0.3) is 11.3 Å². The molecule has 4 aromatic rings. The monoisotopic (exact) mass is 463 g/mol. The van der Waals surface area contributed by atoms with Crippen molar-refractivity contribution in [2.45, 2.75) is 12.2 Å². The van der Waals surface area contributed by atoms with E-state index in [1.54, 1.807) is 42.1 Å². The molecule has 0 saturated heterocycles. The van der Waals surface area contributed by atoms with Gasteiger partial charge in [-0.15, -0.1) is 0 Å². The van der Waals surface area contributed by atoms with Crippen molar-refractivity contribution in [3.63, 3.8) is 0 Å². The number of halogens is 3. The molecule has 2 heterocycles. The molecule has 0 radical (unpaired) electrons. The minimum absolute atomic E-state index is 0.222. The van der Waals surface area contributed by atoms with Gasteiger partial charge in [-0.2, -0.15) is 18.3 Å². The number of fused-ring (bicyclic) bond motifs is 1. The number of aryl methyl sites for hydroxylation is 1. The number of methoxy groups -OCH3 is 1. The number of nitrogens with zero attached hydrogens (tertiary/aromatic N) is 3. The summed E-state index contributed by atoms with van der Waals surface area (Å²) in [6.45, 7) is 0. The first-order chi connectivity index (χ1) is 16.3. The maximum Gasteiger partial charge on any atom is 0.416 e. The highest BCUT2D eigenvalue weighted by atomic mass is 19.4. The zero-order valence-corrected chi connectivity index (χ0v) is 18.4. The molecular weight excluding hydrogens is 443 g/mol. The van der Waals surface area contributed by atoms with E-state index in [4.69, 9.17) is 4.74 Å². The number of anilines is 1. The Hall–Kier alpha value is -4.07. The van der Waals surface area contributed by atoms with E-state index in [1.165, 1.54) is 18.1 Å². The second kappa shape index (κ2) is 8.06. The van der Waals surface area contributed by atoms with Crippen LogP contribution in [0.15, 0.2) is 78.9 Å². The molecule has 1 aromatic heterocycles. The number of aromatic nitrogens is 2. The first kappa shape index (κ1) is 21.8. The van der Waals surface area contributed by atoms with Crippen molar-refractivity contribution in [1.29, 1.82) is 0 Å². The van der Waals surface area contributed by atoms with Gasteiger partial charge < -0.3 is 4.74 Å². The van der Waals surface area contributed by atoms with Crippen molar-refractivity contribution in [2.75, 3.05) is 12.0 Å². The lowest BCUT2D eigenvalue weighted by molar-refractivity contribution is -0.137. The van der Waals surface area contributed by atoms with Gasteiger partial charge in [0.05, 0.1) is 24.4 Å². The molecule has 172 valence electrons. The van der Waals surface area contributed by atoms with Crippen LogP contribution >= 0.6 is 0 Å². The molecule has 0 N–H and O–H groups in total. The highest BCUT2D eigenvalue weighted by molar-refractivity contribution is 6.11. The zero-order valence-electron chi connectivity index (χ0n) is 18.4. The topological polar surface area (TPSA) is 47.4 Å². The molecule has 5 nitrogen and oxygen atoms in total. The molecule has 0 fully saturated rings. The molecule has 5 rings (SSSR count). The lowest BCUT2D eigenvalue weighted by Gasteiger charge is -2.27. The van der Waals surface area contributed by atoms with E-state index in [9.17, 15) is 18.0 Å². The minimum atomic E-state index is -4.51. The van der Waals surface area contributed by atoms with Crippen molar-refractivity contribution in [3.8, 4) is 17.0 Å². The van der Waals surface area contributed by atoms with E-state index in [2.05, 4.69) is 5.10 Å². The predicted octanol–water partition coefficient (Wildman–Crippen LogP) is 5.86. The molecule has 0 aliphatic carbocycles. The molecule has 0 saturated carbocycles. The number of benzene rings is 3. The number of hydrogen-bond donors (Lipinski definition) is 0. The minimum Gasteiger partial charge on any atom is -0.497 e. The van der Waals surface area contributed by atoms with Crippen LogP contribution in [-0.4, -0.2) is 22.8 Å². The van der Waals surface area contributed by atoms with E-state index in [0.29, 0.717) is 28.3 Å². The average Bonchev–Trinajstić information content (AvgIpc) is 3.32. The Kier molecular flexibility index (Phi) is 5.16. The van der Waals surface area contributed by atoms with Crippen molar-refractivity contribution >= 4 is 11.6 Å². The molecule has 1 aliphatic rings. The summed E-state index contributed by atoms with van der Waals surface area (Å²) in [5.74, 6) is 0.229. The predicted molar refractivity (Wildman–Crippen MR) is 122 cm³/mol. The van der Waals surface area contributed by atoms with E-state index >= 15 is 0 Å². The summed E-state index contributed by atoms with van der Waals surface area (Å²) in [6, 6.07) is 20.6. The molecule has 8 heteroatoms. The number of carbonyl (C=O) groups excluding carboxylic acids is 1. The number of amides is 1. The van der Waals surface area contributed by atoms with Crippen LogP contribution < -0.4 is 9.64 Å². The number of carbonyl (C=O) groups is 1. The summed E-state index contributed by atoms with van der Waals surface area (Å²) in [4.78, 5) is 15.1. The van der Waals surface area contributed by atoms with Crippen LogP contribution in [0.2, 0.25) is 0 Å². The van der Waals surface area contributed by atoms with Crippen molar-refractivity contribution in [3.05, 3.63) is 101 Å².